The van der Waals surface area contributed by atoms with Crippen molar-refractivity contribution in [2.24, 2.45) is 0 Å². The summed E-state index contributed by atoms with van der Waals surface area (Å²) in [6.07, 6.45) is 1.86. The molecule has 0 bridgehead atoms. The van der Waals surface area contributed by atoms with Gasteiger partial charge in [-0.2, -0.15) is 0 Å². The van der Waals surface area contributed by atoms with E-state index in [0.717, 1.165) is 18.4 Å². The van der Waals surface area contributed by atoms with Crippen LogP contribution in [-0.4, -0.2) is 10.7 Å². The molecule has 0 radical (unpaired) electrons. The average molecular weight is 200 g/mol. The summed E-state index contributed by atoms with van der Waals surface area (Å²) >= 11 is 0. The number of benzene rings is 1. The van der Waals surface area contributed by atoms with Crippen molar-refractivity contribution < 1.29 is 5.11 Å². The van der Waals surface area contributed by atoms with E-state index in [1.54, 1.807) is 0 Å². The predicted molar refractivity (Wildman–Crippen MR) is 61.7 cm³/mol. The summed E-state index contributed by atoms with van der Waals surface area (Å²) in [7, 11) is 0. The fourth-order valence-corrected chi connectivity index (χ4v) is 2.29. The molecule has 0 aromatic heterocycles. The molecular weight excluding hydrogens is 184 g/mol. The third kappa shape index (κ3) is 1.54. The SMILES string of the molecule is C=C=C(C)[C@]1(O)CC[C@@H]1c1ccccc1. The Bertz CT molecular complexity index is 401. The molecule has 1 aliphatic carbocycles. The van der Waals surface area contributed by atoms with Gasteiger partial charge in [0.1, 0.15) is 0 Å². The maximum Gasteiger partial charge on any atom is 0.0995 e. The van der Waals surface area contributed by atoms with Crippen molar-refractivity contribution in [2.75, 3.05) is 0 Å². The van der Waals surface area contributed by atoms with Crippen molar-refractivity contribution in [3.05, 3.63) is 53.8 Å². The molecular formula is C14H16O. The zero-order chi connectivity index (χ0) is 10.9. The monoisotopic (exact) mass is 200 g/mol. The minimum absolute atomic E-state index is 0.216. The maximum absolute atomic E-state index is 10.5. The van der Waals surface area contributed by atoms with E-state index in [2.05, 4.69) is 24.4 Å². The van der Waals surface area contributed by atoms with Crippen molar-refractivity contribution in [2.45, 2.75) is 31.3 Å². The van der Waals surface area contributed by atoms with E-state index in [9.17, 15) is 5.11 Å². The van der Waals surface area contributed by atoms with Crippen LogP contribution in [0.25, 0.3) is 0 Å². The summed E-state index contributed by atoms with van der Waals surface area (Å²) in [6, 6.07) is 10.2. The molecule has 2 atom stereocenters. The van der Waals surface area contributed by atoms with Gasteiger partial charge in [0, 0.05) is 11.5 Å². The highest BCUT2D eigenvalue weighted by atomic mass is 16.3. The molecule has 0 amide bonds. The Hall–Kier alpha value is -1.30. The summed E-state index contributed by atoms with van der Waals surface area (Å²) < 4.78 is 0. The maximum atomic E-state index is 10.5. The van der Waals surface area contributed by atoms with Crippen molar-refractivity contribution in [1.82, 2.24) is 0 Å². The Kier molecular flexibility index (Phi) is 2.52. The Balaban J connectivity index is 2.31. The lowest BCUT2D eigenvalue weighted by Gasteiger charge is -2.46. The summed E-state index contributed by atoms with van der Waals surface area (Å²) in [5, 5.41) is 10.5. The molecule has 0 unspecified atom stereocenters. The van der Waals surface area contributed by atoms with Crippen LogP contribution < -0.4 is 0 Å². The van der Waals surface area contributed by atoms with E-state index in [0.29, 0.717) is 0 Å². The van der Waals surface area contributed by atoms with Crippen LogP contribution >= 0.6 is 0 Å². The third-order valence-electron chi connectivity index (χ3n) is 3.51. The van der Waals surface area contributed by atoms with E-state index in [1.165, 1.54) is 5.56 Å². The van der Waals surface area contributed by atoms with E-state index >= 15 is 0 Å². The van der Waals surface area contributed by atoms with Gasteiger partial charge < -0.3 is 5.11 Å². The number of rotatable bonds is 2. The van der Waals surface area contributed by atoms with Crippen molar-refractivity contribution in [3.63, 3.8) is 0 Å². The smallest absolute Gasteiger partial charge is 0.0995 e. The van der Waals surface area contributed by atoms with E-state index in [4.69, 9.17) is 0 Å². The standard InChI is InChI=1S/C14H16O/c1-3-11(2)14(15)10-9-13(14)12-7-5-4-6-8-12/h4-8,13,15H,1,9-10H2,2H3/t13-,14-/m1/s1. The van der Waals surface area contributed by atoms with Crippen LogP contribution in [0.3, 0.4) is 0 Å². The molecule has 1 aromatic rings. The normalized spacial score (nSPS) is 29.1. The van der Waals surface area contributed by atoms with E-state index in [-0.39, 0.29) is 5.92 Å². The summed E-state index contributed by atoms with van der Waals surface area (Å²) in [6.45, 7) is 5.52. The first-order valence-corrected chi connectivity index (χ1v) is 5.33. The largest absolute Gasteiger partial charge is 0.384 e. The molecule has 1 heteroatoms. The van der Waals surface area contributed by atoms with E-state index < -0.39 is 5.60 Å². The second-order valence-corrected chi connectivity index (χ2v) is 4.23. The van der Waals surface area contributed by atoms with Gasteiger partial charge >= 0.3 is 0 Å². The minimum Gasteiger partial charge on any atom is -0.384 e. The van der Waals surface area contributed by atoms with Gasteiger partial charge in [-0.05, 0) is 25.3 Å². The Labute approximate surface area is 90.8 Å². The minimum atomic E-state index is -0.705. The number of aliphatic hydroxyl groups is 1. The molecule has 2 rings (SSSR count). The second-order valence-electron chi connectivity index (χ2n) is 4.23. The molecule has 0 spiro atoms. The summed E-state index contributed by atoms with van der Waals surface area (Å²) in [5.41, 5.74) is 4.19. The Morgan fingerprint density at radius 1 is 1.47 bits per heavy atom. The fraction of sp³-hybridized carbons (Fsp3) is 0.357. The highest BCUT2D eigenvalue weighted by Gasteiger charge is 2.47. The van der Waals surface area contributed by atoms with E-state index in [1.807, 2.05) is 25.1 Å². The lowest BCUT2D eigenvalue weighted by atomic mass is 9.63. The number of hydrogen-bond donors (Lipinski definition) is 1. The fourth-order valence-electron chi connectivity index (χ4n) is 2.29. The molecule has 1 aliphatic rings. The summed E-state index contributed by atoms with van der Waals surface area (Å²) in [4.78, 5) is 0. The molecule has 1 saturated carbocycles. The lowest BCUT2D eigenvalue weighted by molar-refractivity contribution is -0.0234. The van der Waals surface area contributed by atoms with Gasteiger partial charge in [-0.1, -0.05) is 36.9 Å². The quantitative estimate of drug-likeness (QED) is 0.727. The highest BCUT2D eigenvalue weighted by molar-refractivity contribution is 5.33. The molecule has 78 valence electrons. The molecule has 1 fully saturated rings. The molecule has 1 aromatic carbocycles. The van der Waals surface area contributed by atoms with Gasteiger partial charge in [0.25, 0.3) is 0 Å². The second kappa shape index (κ2) is 3.69. The van der Waals surface area contributed by atoms with Crippen LogP contribution in [0.15, 0.2) is 48.2 Å². The molecule has 0 heterocycles. The lowest BCUT2D eigenvalue weighted by Crippen LogP contribution is -2.46. The van der Waals surface area contributed by atoms with Gasteiger partial charge in [0.15, 0.2) is 0 Å². The zero-order valence-electron chi connectivity index (χ0n) is 9.03. The van der Waals surface area contributed by atoms with Gasteiger partial charge in [-0.3, -0.25) is 0 Å². The topological polar surface area (TPSA) is 20.2 Å². The van der Waals surface area contributed by atoms with Gasteiger partial charge in [-0.15, -0.1) is 5.73 Å². The average Bonchev–Trinajstić information content (AvgIpc) is 2.27. The van der Waals surface area contributed by atoms with Crippen LogP contribution in [0.1, 0.15) is 31.2 Å². The first kappa shape index (κ1) is 10.2. The first-order valence-electron chi connectivity index (χ1n) is 5.33. The van der Waals surface area contributed by atoms with Gasteiger partial charge in [0.05, 0.1) is 5.60 Å². The van der Waals surface area contributed by atoms with Gasteiger partial charge in [0.2, 0.25) is 0 Å². The highest BCUT2D eigenvalue weighted by Crippen LogP contribution is 2.49. The predicted octanol–water partition coefficient (Wildman–Crippen LogP) is 3.03. The van der Waals surface area contributed by atoms with Crippen LogP contribution in [0, 0.1) is 0 Å². The van der Waals surface area contributed by atoms with Gasteiger partial charge in [-0.25, -0.2) is 0 Å². The Morgan fingerprint density at radius 2 is 2.13 bits per heavy atom. The first-order chi connectivity index (χ1) is 7.18. The molecule has 1 nitrogen and oxygen atoms in total. The third-order valence-corrected chi connectivity index (χ3v) is 3.51. The van der Waals surface area contributed by atoms with Crippen LogP contribution in [0.2, 0.25) is 0 Å². The molecule has 15 heavy (non-hydrogen) atoms. The van der Waals surface area contributed by atoms with Crippen LogP contribution in [-0.2, 0) is 0 Å². The van der Waals surface area contributed by atoms with Crippen molar-refractivity contribution in [3.8, 4) is 0 Å². The number of hydrogen-bond acceptors (Lipinski definition) is 1. The Morgan fingerprint density at radius 3 is 2.60 bits per heavy atom. The molecule has 1 N–H and O–H groups in total. The van der Waals surface area contributed by atoms with Crippen LogP contribution in [0.5, 0.6) is 0 Å². The zero-order valence-corrected chi connectivity index (χ0v) is 9.03. The summed E-state index contributed by atoms with van der Waals surface area (Å²) in [5.74, 6) is 0.216. The van der Waals surface area contributed by atoms with Crippen molar-refractivity contribution >= 4 is 0 Å². The van der Waals surface area contributed by atoms with Crippen molar-refractivity contribution in [1.29, 1.82) is 0 Å². The molecule has 0 aliphatic heterocycles. The van der Waals surface area contributed by atoms with Crippen LogP contribution in [0.4, 0.5) is 0 Å². The molecule has 0 saturated heterocycles.